The van der Waals surface area contributed by atoms with Crippen molar-refractivity contribution >= 4 is 44.9 Å². The van der Waals surface area contributed by atoms with Crippen LogP contribution in [0.4, 0.5) is 25.0 Å². The van der Waals surface area contributed by atoms with Gasteiger partial charge in [-0.15, -0.1) is 0 Å². The number of methoxy groups -OCH3 is 1. The number of carbonyl (C=O) groups is 2. The maximum atomic E-state index is 15.0. The minimum absolute atomic E-state index is 0.0355. The molecule has 1 fully saturated rings. The van der Waals surface area contributed by atoms with E-state index in [-0.39, 0.29) is 34.7 Å². The van der Waals surface area contributed by atoms with E-state index in [1.54, 1.807) is 24.3 Å². The van der Waals surface area contributed by atoms with Crippen molar-refractivity contribution in [2.45, 2.75) is 23.5 Å². The highest BCUT2D eigenvalue weighted by Crippen LogP contribution is 2.31. The maximum Gasteiger partial charge on any atom is 0.322 e. The predicted molar refractivity (Wildman–Crippen MR) is 138 cm³/mol. The molecule has 38 heavy (non-hydrogen) atoms. The molecule has 3 aromatic carbocycles. The number of primary sulfonamides is 1. The summed E-state index contributed by atoms with van der Waals surface area (Å²) in [6.07, 6.45) is -0.240. The summed E-state index contributed by atoms with van der Waals surface area (Å²) in [5.41, 5.74) is 0.157. The largest absolute Gasteiger partial charge is 0.380 e. The fourth-order valence-electron chi connectivity index (χ4n) is 4.15. The van der Waals surface area contributed by atoms with E-state index >= 15 is 4.39 Å². The van der Waals surface area contributed by atoms with E-state index in [4.69, 9.17) is 21.5 Å². The first-order valence-electron chi connectivity index (χ1n) is 11.3. The third-order valence-corrected chi connectivity index (χ3v) is 7.26. The Labute approximate surface area is 222 Å². The summed E-state index contributed by atoms with van der Waals surface area (Å²) in [6.45, 7) is 0.130. The zero-order valence-corrected chi connectivity index (χ0v) is 21.5. The second kappa shape index (κ2) is 11.0. The van der Waals surface area contributed by atoms with Crippen molar-refractivity contribution in [3.63, 3.8) is 0 Å². The molecule has 4 rings (SSSR count). The fourth-order valence-corrected chi connectivity index (χ4v) is 5.01. The summed E-state index contributed by atoms with van der Waals surface area (Å²) >= 11 is 5.87. The summed E-state index contributed by atoms with van der Waals surface area (Å²) < 4.78 is 58.0. The normalized spacial score (nSPS) is 17.3. The number of nitrogens with one attached hydrogen (secondary N) is 2. The topological polar surface area (TPSA) is 131 Å². The first-order valence-corrected chi connectivity index (χ1v) is 13.2. The molecule has 2 atom stereocenters. The third kappa shape index (κ3) is 6.10. The zero-order valence-electron chi connectivity index (χ0n) is 20.0. The third-order valence-electron chi connectivity index (χ3n) is 6.04. The second-order valence-electron chi connectivity index (χ2n) is 8.57. The summed E-state index contributed by atoms with van der Waals surface area (Å²) in [5, 5.41) is 10.9. The van der Waals surface area contributed by atoms with Gasteiger partial charge in [-0.1, -0.05) is 17.7 Å². The van der Waals surface area contributed by atoms with Gasteiger partial charge in [-0.25, -0.2) is 27.1 Å². The summed E-state index contributed by atoms with van der Waals surface area (Å²) in [5.74, 6) is -2.30. The number of amides is 3. The van der Waals surface area contributed by atoms with Gasteiger partial charge in [0.2, 0.25) is 15.9 Å². The first kappa shape index (κ1) is 27.5. The first-order chi connectivity index (χ1) is 18.0. The molecular weight excluding hydrogens is 542 g/mol. The Balaban J connectivity index is 1.54. The van der Waals surface area contributed by atoms with E-state index in [1.807, 2.05) is 0 Å². The molecule has 3 amide bonds. The van der Waals surface area contributed by atoms with Crippen LogP contribution in [0.15, 0.2) is 65.6 Å². The molecule has 0 aliphatic carbocycles. The van der Waals surface area contributed by atoms with Crippen LogP contribution in [0.1, 0.15) is 6.42 Å². The molecule has 1 aliphatic rings. The Bertz CT molecular complexity index is 1490. The highest BCUT2D eigenvalue weighted by Gasteiger charge is 2.40. The van der Waals surface area contributed by atoms with E-state index in [1.165, 1.54) is 24.1 Å². The standard InChI is InChI=1S/C25H23ClF2N4O5S/c1-37-18-12-22(32(13-18)25(34)30-17-6-3-15(26)4-7-17)24(33)31-21-8-2-14(10-20(21)28)19-11-16(27)5-9-23(19)38(29,35)36/h2-11,18,22H,12-13H2,1H3,(H,30,34)(H,31,33)(H2,29,35,36). The number of nitrogens with zero attached hydrogens (tertiary/aromatic N) is 1. The van der Waals surface area contributed by atoms with Crippen LogP contribution < -0.4 is 15.8 Å². The molecule has 1 saturated heterocycles. The van der Waals surface area contributed by atoms with Crippen molar-refractivity contribution in [1.29, 1.82) is 0 Å². The average Bonchev–Trinajstić information content (AvgIpc) is 3.31. The highest BCUT2D eigenvalue weighted by atomic mass is 35.5. The molecule has 13 heteroatoms. The van der Waals surface area contributed by atoms with Crippen LogP contribution >= 0.6 is 11.6 Å². The van der Waals surface area contributed by atoms with E-state index in [0.29, 0.717) is 10.7 Å². The van der Waals surface area contributed by atoms with Crippen LogP contribution in [0.25, 0.3) is 11.1 Å². The predicted octanol–water partition coefficient (Wildman–Crippen LogP) is 4.19. The number of urea groups is 1. The molecule has 0 saturated carbocycles. The van der Waals surface area contributed by atoms with Crippen molar-refractivity contribution in [2.24, 2.45) is 5.14 Å². The lowest BCUT2D eigenvalue weighted by atomic mass is 10.0. The molecule has 0 aromatic heterocycles. The van der Waals surface area contributed by atoms with Gasteiger partial charge in [0.1, 0.15) is 17.7 Å². The quantitative estimate of drug-likeness (QED) is 0.413. The SMILES string of the molecule is COC1CC(C(=O)Nc2ccc(-c3cc(F)ccc3S(N)(=O)=O)cc2F)N(C(=O)Nc2ccc(Cl)cc2)C1. The van der Waals surface area contributed by atoms with E-state index < -0.39 is 45.7 Å². The Kier molecular flexibility index (Phi) is 7.97. The fraction of sp³-hybridized carbons (Fsp3) is 0.200. The van der Waals surface area contributed by atoms with Crippen molar-refractivity contribution in [2.75, 3.05) is 24.3 Å². The Hall–Kier alpha value is -3.58. The molecule has 0 spiro atoms. The van der Waals surface area contributed by atoms with E-state index in [9.17, 15) is 22.4 Å². The van der Waals surface area contributed by atoms with Gasteiger partial charge in [-0.05, 0) is 60.2 Å². The monoisotopic (exact) mass is 564 g/mol. The van der Waals surface area contributed by atoms with Gasteiger partial charge in [0.25, 0.3) is 0 Å². The van der Waals surface area contributed by atoms with Crippen molar-refractivity contribution in [3.8, 4) is 11.1 Å². The van der Waals surface area contributed by atoms with Gasteiger partial charge < -0.3 is 20.3 Å². The molecule has 2 unspecified atom stereocenters. The number of hydrogen-bond acceptors (Lipinski definition) is 5. The highest BCUT2D eigenvalue weighted by molar-refractivity contribution is 7.89. The number of likely N-dealkylation sites (tertiary alicyclic amines) is 1. The zero-order chi connectivity index (χ0) is 27.6. The molecule has 200 valence electrons. The van der Waals surface area contributed by atoms with E-state index in [2.05, 4.69) is 10.6 Å². The molecule has 0 radical (unpaired) electrons. The van der Waals surface area contributed by atoms with Gasteiger partial charge in [0.15, 0.2) is 0 Å². The van der Waals surface area contributed by atoms with Gasteiger partial charge in [-0.3, -0.25) is 4.79 Å². The van der Waals surface area contributed by atoms with Gasteiger partial charge in [-0.2, -0.15) is 0 Å². The lowest BCUT2D eigenvalue weighted by molar-refractivity contribution is -0.119. The van der Waals surface area contributed by atoms with Gasteiger partial charge in [0.05, 0.1) is 16.7 Å². The minimum Gasteiger partial charge on any atom is -0.380 e. The summed E-state index contributed by atoms with van der Waals surface area (Å²) in [6, 6.07) is 11.2. The van der Waals surface area contributed by atoms with Crippen LogP contribution in [0.3, 0.4) is 0 Å². The van der Waals surface area contributed by atoms with Crippen molar-refractivity contribution in [3.05, 3.63) is 77.3 Å². The van der Waals surface area contributed by atoms with Gasteiger partial charge >= 0.3 is 6.03 Å². The lowest BCUT2D eigenvalue weighted by Crippen LogP contribution is -2.45. The number of sulfonamides is 1. The van der Waals surface area contributed by atoms with Crippen LogP contribution in [-0.4, -0.2) is 51.1 Å². The molecule has 9 nitrogen and oxygen atoms in total. The summed E-state index contributed by atoms with van der Waals surface area (Å²) in [4.78, 5) is 26.9. The number of hydrogen-bond donors (Lipinski definition) is 3. The number of ether oxygens (including phenoxy) is 1. The molecule has 1 heterocycles. The molecule has 0 bridgehead atoms. The smallest absolute Gasteiger partial charge is 0.322 e. The summed E-state index contributed by atoms with van der Waals surface area (Å²) in [7, 11) is -2.76. The van der Waals surface area contributed by atoms with Crippen molar-refractivity contribution < 1.29 is 31.5 Å². The molecule has 3 aromatic rings. The Morgan fingerprint density at radius 2 is 1.76 bits per heavy atom. The number of halogens is 3. The Morgan fingerprint density at radius 3 is 2.39 bits per heavy atom. The Morgan fingerprint density at radius 1 is 1.05 bits per heavy atom. The van der Waals surface area contributed by atoms with Crippen LogP contribution in [0.5, 0.6) is 0 Å². The van der Waals surface area contributed by atoms with Gasteiger partial charge in [0, 0.05) is 36.3 Å². The van der Waals surface area contributed by atoms with Crippen LogP contribution in [-0.2, 0) is 19.6 Å². The lowest BCUT2D eigenvalue weighted by Gasteiger charge is -2.24. The number of nitrogens with two attached hydrogens (primary N) is 1. The number of anilines is 2. The second-order valence-corrected chi connectivity index (χ2v) is 10.5. The van der Waals surface area contributed by atoms with E-state index in [0.717, 1.165) is 24.3 Å². The minimum atomic E-state index is -4.22. The van der Waals surface area contributed by atoms with Crippen molar-refractivity contribution in [1.82, 2.24) is 4.90 Å². The maximum absolute atomic E-state index is 15.0. The molecule has 4 N–H and O–H groups in total. The molecular formula is C25H23ClF2N4O5S. The van der Waals surface area contributed by atoms with Crippen LogP contribution in [0.2, 0.25) is 5.02 Å². The number of benzene rings is 3. The molecule has 1 aliphatic heterocycles. The number of carbonyl (C=O) groups excluding carboxylic acids is 2. The number of rotatable bonds is 6. The average molecular weight is 565 g/mol. The van der Waals surface area contributed by atoms with Crippen LogP contribution in [0, 0.1) is 11.6 Å².